The Hall–Kier alpha value is 0.384. The van der Waals surface area contributed by atoms with Crippen molar-refractivity contribution in [2.45, 2.75) is 132 Å². The van der Waals surface area contributed by atoms with Gasteiger partial charge in [-0.25, -0.2) is 0 Å². The van der Waals surface area contributed by atoms with Gasteiger partial charge in [0.15, 0.2) is 0 Å². The summed E-state index contributed by atoms with van der Waals surface area (Å²) < 4.78 is 0. The van der Waals surface area contributed by atoms with Crippen LogP contribution in [0, 0.1) is 0 Å². The summed E-state index contributed by atoms with van der Waals surface area (Å²) in [6.07, 6.45) is 0. The van der Waals surface area contributed by atoms with E-state index in [2.05, 4.69) is 0 Å². The van der Waals surface area contributed by atoms with Gasteiger partial charge in [0.1, 0.15) is 0 Å². The molecule has 0 aromatic rings. The topological polar surface area (TPSA) is 115 Å². The summed E-state index contributed by atoms with van der Waals surface area (Å²) in [5.74, 6) is 0. The van der Waals surface area contributed by atoms with Gasteiger partial charge < -0.3 is 25.5 Å². The Labute approximate surface area is 176 Å². The predicted octanol–water partition coefficient (Wildman–Crippen LogP) is 0.724. The molecule has 0 rings (SSSR count). The molecule has 6 heteroatoms. The van der Waals surface area contributed by atoms with Crippen molar-refractivity contribution in [3.8, 4) is 0 Å². The summed E-state index contributed by atoms with van der Waals surface area (Å²) in [4.78, 5) is 0. The fourth-order valence-electron chi connectivity index (χ4n) is 0. The molecule has 0 heterocycles. The maximum atomic E-state index is 10.1. The summed E-state index contributed by atoms with van der Waals surface area (Å²) in [7, 11) is 0. The second-order valence-electron chi connectivity index (χ2n) is 10.6. The maximum Gasteiger partial charge on any atom is 0 e. The smallest absolute Gasteiger partial charge is 0 e. The van der Waals surface area contributed by atoms with E-state index in [1.54, 1.807) is 104 Å². The van der Waals surface area contributed by atoms with Crippen molar-refractivity contribution in [1.82, 2.24) is 0 Å². The minimum Gasteiger partial charge on any atom is -0.850 e. The van der Waals surface area contributed by atoms with Crippen LogP contribution in [0.1, 0.15) is 104 Å². The molecule has 0 spiro atoms. The number of rotatable bonds is 0. The second kappa shape index (κ2) is 16.3. The van der Waals surface area contributed by atoms with Crippen LogP contribution in [0.15, 0.2) is 0 Å². The Morgan fingerprint density at radius 3 is 0.269 bits per heavy atom. The maximum absolute atomic E-state index is 10.1. The summed E-state index contributed by atoms with van der Waals surface area (Å²) in [5, 5.41) is 50.5. The van der Waals surface area contributed by atoms with Gasteiger partial charge in [-0.2, -0.15) is 0 Å². The van der Waals surface area contributed by atoms with E-state index < -0.39 is 28.0 Å². The van der Waals surface area contributed by atoms with Crippen molar-refractivity contribution in [3.63, 3.8) is 0 Å². The normalized spacial score (nSPS) is 11.5. The third-order valence-electron chi connectivity index (χ3n) is 0. The van der Waals surface area contributed by atoms with Crippen LogP contribution in [-0.2, 0) is 18.6 Å². The van der Waals surface area contributed by atoms with E-state index in [9.17, 15) is 25.5 Å². The molecule has 26 heavy (non-hydrogen) atoms. The molecular formula is C20H45O5V-5. The first-order valence-corrected chi connectivity index (χ1v) is 8.52. The van der Waals surface area contributed by atoms with Crippen molar-refractivity contribution >= 4 is 0 Å². The van der Waals surface area contributed by atoms with Gasteiger partial charge in [-0.05, 0) is 0 Å². The van der Waals surface area contributed by atoms with Gasteiger partial charge in [0.05, 0.1) is 0 Å². The Bertz CT molecular complexity index is 171. The van der Waals surface area contributed by atoms with Gasteiger partial charge in [0.2, 0.25) is 0 Å². The van der Waals surface area contributed by atoms with Crippen LogP contribution in [0.2, 0.25) is 0 Å². The fraction of sp³-hybridized carbons (Fsp3) is 1.00. The van der Waals surface area contributed by atoms with E-state index in [0.29, 0.717) is 0 Å². The Morgan fingerprint density at radius 2 is 0.269 bits per heavy atom. The van der Waals surface area contributed by atoms with Crippen LogP contribution in [0.4, 0.5) is 0 Å². The Balaban J connectivity index is -0.0000000476. The van der Waals surface area contributed by atoms with Gasteiger partial charge in [0, 0.05) is 18.6 Å². The molecule has 0 aromatic carbocycles. The standard InChI is InChI=1S/5C4H9O.V/c5*1-4(2,3)5;/h5*1-3H3;/q5*-1;. The van der Waals surface area contributed by atoms with Crippen LogP contribution in [0.25, 0.3) is 0 Å². The van der Waals surface area contributed by atoms with Gasteiger partial charge >= 0.3 is 0 Å². The minimum atomic E-state index is -0.750. The van der Waals surface area contributed by atoms with Crippen LogP contribution in [-0.4, -0.2) is 28.0 Å². The molecule has 165 valence electrons. The average molecular weight is 417 g/mol. The average Bonchev–Trinajstić information content (AvgIpc) is 1.79. The van der Waals surface area contributed by atoms with Crippen molar-refractivity contribution < 1.29 is 44.1 Å². The molecule has 0 amide bonds. The molecular weight excluding hydrogens is 371 g/mol. The second-order valence-corrected chi connectivity index (χ2v) is 10.6. The molecule has 0 unspecified atom stereocenters. The number of hydrogen-bond donors (Lipinski definition) is 0. The Kier molecular flexibility index (Phi) is 25.7. The third-order valence-corrected chi connectivity index (χ3v) is 0. The van der Waals surface area contributed by atoms with E-state index in [1.165, 1.54) is 0 Å². The van der Waals surface area contributed by atoms with Crippen molar-refractivity contribution in [2.24, 2.45) is 0 Å². The van der Waals surface area contributed by atoms with Gasteiger partial charge in [-0.1, -0.05) is 104 Å². The minimum absolute atomic E-state index is 0. The largest absolute Gasteiger partial charge is 0.850 e. The van der Waals surface area contributed by atoms with E-state index in [1.807, 2.05) is 0 Å². The molecule has 0 aliphatic rings. The molecule has 1 radical (unpaired) electrons. The summed E-state index contributed by atoms with van der Waals surface area (Å²) in [6.45, 7) is 24.5. The summed E-state index contributed by atoms with van der Waals surface area (Å²) in [6, 6.07) is 0. The molecule has 0 aliphatic heterocycles. The molecule has 0 aliphatic carbocycles. The monoisotopic (exact) mass is 416 g/mol. The molecule has 0 aromatic heterocycles. The summed E-state index contributed by atoms with van der Waals surface area (Å²) >= 11 is 0. The molecule has 0 bridgehead atoms. The molecule has 0 atom stereocenters. The zero-order valence-corrected chi connectivity index (χ0v) is 21.4. The van der Waals surface area contributed by atoms with E-state index in [4.69, 9.17) is 0 Å². The quantitative estimate of drug-likeness (QED) is 0.577. The van der Waals surface area contributed by atoms with Crippen molar-refractivity contribution in [3.05, 3.63) is 0 Å². The van der Waals surface area contributed by atoms with E-state index in [-0.39, 0.29) is 18.6 Å². The zero-order valence-electron chi connectivity index (χ0n) is 20.0. The first-order chi connectivity index (χ1) is 10.0. The predicted molar refractivity (Wildman–Crippen MR) is 98.8 cm³/mol. The van der Waals surface area contributed by atoms with Crippen molar-refractivity contribution in [2.75, 3.05) is 0 Å². The first kappa shape index (κ1) is 40.9. The first-order valence-electron chi connectivity index (χ1n) is 8.52. The van der Waals surface area contributed by atoms with Crippen LogP contribution < -0.4 is 25.5 Å². The SMILES string of the molecule is CC(C)(C)[O-].CC(C)(C)[O-].CC(C)(C)[O-].CC(C)(C)[O-].CC(C)(C)[O-].[V]. The molecule has 0 saturated heterocycles. The van der Waals surface area contributed by atoms with E-state index >= 15 is 0 Å². The third kappa shape index (κ3) is 90200. The van der Waals surface area contributed by atoms with E-state index in [0.717, 1.165) is 0 Å². The van der Waals surface area contributed by atoms with Crippen LogP contribution in [0.3, 0.4) is 0 Å². The van der Waals surface area contributed by atoms with Gasteiger partial charge in [0.25, 0.3) is 0 Å². The Morgan fingerprint density at radius 1 is 0.269 bits per heavy atom. The molecule has 0 N–H and O–H groups in total. The zero-order chi connectivity index (χ0) is 22.5. The summed E-state index contributed by atoms with van der Waals surface area (Å²) in [5.41, 5.74) is -3.75. The van der Waals surface area contributed by atoms with Crippen LogP contribution in [0.5, 0.6) is 0 Å². The molecule has 0 saturated carbocycles. The fourth-order valence-corrected chi connectivity index (χ4v) is 0. The van der Waals surface area contributed by atoms with Gasteiger partial charge in [-0.3, -0.25) is 0 Å². The van der Waals surface area contributed by atoms with Crippen molar-refractivity contribution in [1.29, 1.82) is 0 Å². The van der Waals surface area contributed by atoms with Crippen LogP contribution >= 0.6 is 0 Å². The molecule has 5 nitrogen and oxygen atoms in total. The number of hydrogen-bond acceptors (Lipinski definition) is 5. The molecule has 0 fully saturated rings. The van der Waals surface area contributed by atoms with Gasteiger partial charge in [-0.15, -0.1) is 28.0 Å².